The van der Waals surface area contributed by atoms with Gasteiger partial charge in [0.25, 0.3) is 0 Å². The summed E-state index contributed by atoms with van der Waals surface area (Å²) in [5.41, 5.74) is 1.22. The van der Waals surface area contributed by atoms with Gasteiger partial charge in [-0.2, -0.15) is 8.78 Å². The predicted octanol–water partition coefficient (Wildman–Crippen LogP) is 4.63. The average molecular weight is 455 g/mol. The molecule has 1 fully saturated rings. The van der Waals surface area contributed by atoms with E-state index < -0.39 is 24.3 Å². The molecule has 0 aromatic carbocycles. The first-order valence-electron chi connectivity index (χ1n) is 9.30. The highest BCUT2D eigenvalue weighted by atomic mass is 79.9. The van der Waals surface area contributed by atoms with Crippen LogP contribution in [-0.4, -0.2) is 28.3 Å². The number of pyridine rings is 2. The van der Waals surface area contributed by atoms with Crippen molar-refractivity contribution in [3.8, 4) is 0 Å². The minimum absolute atomic E-state index is 0.370. The Morgan fingerprint density at radius 2 is 1.36 bits per heavy atom. The third kappa shape index (κ3) is 5.16. The Labute approximate surface area is 174 Å². The van der Waals surface area contributed by atoms with E-state index >= 15 is 0 Å². The monoisotopic (exact) mass is 454 g/mol. The van der Waals surface area contributed by atoms with E-state index in [2.05, 4.69) is 25.9 Å². The van der Waals surface area contributed by atoms with Crippen LogP contribution in [0.4, 0.5) is 8.78 Å². The van der Waals surface area contributed by atoms with Crippen molar-refractivity contribution < 1.29 is 18.1 Å². The van der Waals surface area contributed by atoms with Crippen LogP contribution in [0.3, 0.4) is 0 Å². The lowest BCUT2D eigenvalue weighted by Crippen LogP contribution is -2.41. The highest BCUT2D eigenvalue weighted by Gasteiger charge is 2.51. The smallest absolute Gasteiger partial charge is 0.399 e. The van der Waals surface area contributed by atoms with Crippen LogP contribution in [0.15, 0.2) is 29.0 Å². The van der Waals surface area contributed by atoms with Gasteiger partial charge in [-0.1, -0.05) is 19.9 Å². The third-order valence-electron chi connectivity index (χ3n) is 5.10. The SMILES string of the molecule is CCc1cc(B2OC(C)(C)C(C)(C)O2)cnc1F.CCc1cc(Br)cnc1F. The number of rotatable bonds is 3. The molecule has 0 spiro atoms. The van der Waals surface area contributed by atoms with Crippen LogP contribution < -0.4 is 5.46 Å². The van der Waals surface area contributed by atoms with Crippen molar-refractivity contribution in [1.82, 2.24) is 9.97 Å². The van der Waals surface area contributed by atoms with E-state index in [1.807, 2.05) is 41.5 Å². The second-order valence-corrected chi connectivity index (χ2v) is 8.53. The van der Waals surface area contributed by atoms with Gasteiger partial charge in [-0.25, -0.2) is 9.97 Å². The van der Waals surface area contributed by atoms with Gasteiger partial charge in [0.1, 0.15) is 0 Å². The Balaban J connectivity index is 0.000000237. The summed E-state index contributed by atoms with van der Waals surface area (Å²) in [4.78, 5) is 7.30. The Bertz CT molecular complexity index is 818. The molecule has 1 aliphatic rings. The molecule has 0 bridgehead atoms. The van der Waals surface area contributed by atoms with Crippen LogP contribution in [0.2, 0.25) is 0 Å². The molecule has 0 unspecified atom stereocenters. The standard InChI is InChI=1S/C13H19BFNO2.C7H7BrFN/c1-6-9-7-10(8-16-11(9)15)14-17-12(2,3)13(4,5)18-14;1-2-5-3-6(8)4-10-7(5)9/h7-8H,6H2,1-5H3;3-4H,2H2,1H3. The van der Waals surface area contributed by atoms with Crippen molar-refractivity contribution in [1.29, 1.82) is 0 Å². The molecular formula is C20H26BBrF2N2O2. The minimum atomic E-state index is -0.478. The lowest BCUT2D eigenvalue weighted by Gasteiger charge is -2.32. The van der Waals surface area contributed by atoms with Crippen molar-refractivity contribution >= 4 is 28.5 Å². The number of halogens is 3. The molecule has 0 atom stereocenters. The Morgan fingerprint density at radius 1 is 0.893 bits per heavy atom. The lowest BCUT2D eigenvalue weighted by atomic mass is 9.79. The Hall–Kier alpha value is -1.38. The average Bonchev–Trinajstić information content (AvgIpc) is 2.85. The second-order valence-electron chi connectivity index (χ2n) is 7.62. The topological polar surface area (TPSA) is 44.2 Å². The molecule has 0 aliphatic carbocycles. The van der Waals surface area contributed by atoms with E-state index in [1.54, 1.807) is 12.1 Å². The van der Waals surface area contributed by atoms with Gasteiger partial charge in [-0.05, 0) is 62.5 Å². The zero-order valence-electron chi connectivity index (χ0n) is 17.1. The van der Waals surface area contributed by atoms with Gasteiger partial charge in [0, 0.05) is 33.5 Å². The van der Waals surface area contributed by atoms with Crippen LogP contribution in [0.1, 0.15) is 52.7 Å². The highest BCUT2D eigenvalue weighted by molar-refractivity contribution is 9.10. The van der Waals surface area contributed by atoms with Gasteiger partial charge in [0.05, 0.1) is 11.2 Å². The molecule has 3 heterocycles. The molecule has 3 rings (SSSR count). The number of aryl methyl sites for hydroxylation is 2. The summed E-state index contributed by atoms with van der Waals surface area (Å²) in [7, 11) is -0.478. The maximum Gasteiger partial charge on any atom is 0.496 e. The fourth-order valence-corrected chi connectivity index (χ4v) is 2.96. The summed E-state index contributed by atoms with van der Waals surface area (Å²) in [6.45, 7) is 11.8. The summed E-state index contributed by atoms with van der Waals surface area (Å²) in [5.74, 6) is -0.788. The first-order valence-corrected chi connectivity index (χ1v) is 10.1. The van der Waals surface area contributed by atoms with Crippen LogP contribution in [0.5, 0.6) is 0 Å². The fraction of sp³-hybridized carbons (Fsp3) is 0.500. The highest BCUT2D eigenvalue weighted by Crippen LogP contribution is 2.36. The van der Waals surface area contributed by atoms with E-state index in [-0.39, 0.29) is 5.95 Å². The third-order valence-corrected chi connectivity index (χ3v) is 5.53. The molecule has 2 aromatic rings. The van der Waals surface area contributed by atoms with Crippen LogP contribution in [-0.2, 0) is 22.2 Å². The van der Waals surface area contributed by atoms with E-state index in [9.17, 15) is 8.78 Å². The van der Waals surface area contributed by atoms with E-state index in [0.29, 0.717) is 24.0 Å². The molecule has 0 N–H and O–H groups in total. The van der Waals surface area contributed by atoms with E-state index in [1.165, 1.54) is 12.4 Å². The summed E-state index contributed by atoms with van der Waals surface area (Å²) in [6, 6.07) is 3.51. The lowest BCUT2D eigenvalue weighted by molar-refractivity contribution is 0.00578. The zero-order chi connectivity index (χ0) is 21.1. The first kappa shape index (κ1) is 22.9. The van der Waals surface area contributed by atoms with Crippen molar-refractivity contribution in [3.63, 3.8) is 0 Å². The molecule has 0 amide bonds. The normalized spacial score (nSPS) is 17.2. The van der Waals surface area contributed by atoms with Gasteiger partial charge in [-0.3, -0.25) is 0 Å². The first-order chi connectivity index (χ1) is 13.0. The minimum Gasteiger partial charge on any atom is -0.399 e. The van der Waals surface area contributed by atoms with Crippen molar-refractivity contribution in [2.24, 2.45) is 0 Å². The maximum atomic E-state index is 13.4. The number of hydrogen-bond donors (Lipinski definition) is 0. The molecule has 1 aliphatic heterocycles. The summed E-state index contributed by atoms with van der Waals surface area (Å²) in [5, 5.41) is 0. The Kier molecular flexibility index (Phi) is 7.34. The molecule has 2 aromatic heterocycles. The zero-order valence-corrected chi connectivity index (χ0v) is 18.7. The Morgan fingerprint density at radius 3 is 1.82 bits per heavy atom. The number of aromatic nitrogens is 2. The molecule has 0 saturated carbocycles. The van der Waals surface area contributed by atoms with Crippen molar-refractivity contribution in [3.05, 3.63) is 52.0 Å². The summed E-state index contributed by atoms with van der Waals surface area (Å²) < 4.78 is 38.6. The van der Waals surface area contributed by atoms with Crippen LogP contribution in [0, 0.1) is 11.9 Å². The summed E-state index contributed by atoms with van der Waals surface area (Å²) >= 11 is 3.21. The van der Waals surface area contributed by atoms with Crippen molar-refractivity contribution in [2.45, 2.75) is 65.6 Å². The molecule has 4 nitrogen and oxygen atoms in total. The molecule has 8 heteroatoms. The van der Waals surface area contributed by atoms with Crippen molar-refractivity contribution in [2.75, 3.05) is 0 Å². The number of hydrogen-bond acceptors (Lipinski definition) is 4. The quantitative estimate of drug-likeness (QED) is 0.501. The summed E-state index contributed by atoms with van der Waals surface area (Å²) in [6.07, 6.45) is 4.22. The van der Waals surface area contributed by atoms with Gasteiger partial charge in [0.15, 0.2) is 0 Å². The van der Waals surface area contributed by atoms with Gasteiger partial charge < -0.3 is 9.31 Å². The van der Waals surface area contributed by atoms with Crippen LogP contribution in [0.25, 0.3) is 0 Å². The van der Waals surface area contributed by atoms with Gasteiger partial charge in [0.2, 0.25) is 11.9 Å². The second kappa shape index (κ2) is 8.97. The van der Waals surface area contributed by atoms with Gasteiger partial charge in [-0.15, -0.1) is 0 Å². The fourth-order valence-electron chi connectivity index (χ4n) is 2.58. The van der Waals surface area contributed by atoms with E-state index in [0.717, 1.165) is 9.94 Å². The molecule has 152 valence electrons. The molecule has 28 heavy (non-hydrogen) atoms. The van der Waals surface area contributed by atoms with Gasteiger partial charge >= 0.3 is 7.12 Å². The maximum absolute atomic E-state index is 13.4. The number of nitrogens with zero attached hydrogens (tertiary/aromatic N) is 2. The van der Waals surface area contributed by atoms with Crippen LogP contribution >= 0.6 is 15.9 Å². The molecular weight excluding hydrogens is 429 g/mol. The predicted molar refractivity (Wildman–Crippen MR) is 111 cm³/mol. The molecule has 0 radical (unpaired) electrons. The molecule has 1 saturated heterocycles. The van der Waals surface area contributed by atoms with E-state index in [4.69, 9.17) is 9.31 Å². The largest absolute Gasteiger partial charge is 0.496 e.